The Balaban J connectivity index is 1.57. The number of aliphatic hydroxyl groups excluding tert-OH is 1. The first kappa shape index (κ1) is 19.0. The molecule has 1 aromatic carbocycles. The fourth-order valence-electron chi connectivity index (χ4n) is 3.76. The molecule has 25 heavy (non-hydrogen) atoms. The molecule has 7 heteroatoms. The van der Waals surface area contributed by atoms with Crippen molar-refractivity contribution in [1.82, 2.24) is 0 Å². The van der Waals surface area contributed by atoms with Gasteiger partial charge in [-0.2, -0.15) is 9.12 Å². The number of ether oxygens (including phenoxy) is 1. The maximum Gasteiger partial charge on any atom is 0.306 e. The number of aryl methyl sites for hydroxylation is 1. The number of benzene rings is 1. The summed E-state index contributed by atoms with van der Waals surface area (Å²) >= 11 is 0. The predicted octanol–water partition coefficient (Wildman–Crippen LogP) is 2.61. The maximum absolute atomic E-state index is 11.6. The number of carbonyl (C=O) groups is 1. The van der Waals surface area contributed by atoms with E-state index in [-0.39, 0.29) is 30.0 Å². The summed E-state index contributed by atoms with van der Waals surface area (Å²) in [5, 5.41) is 10.3. The molecule has 0 amide bonds. The zero-order valence-electron chi connectivity index (χ0n) is 14.2. The third-order valence-corrected chi connectivity index (χ3v) is 6.13. The molecule has 2 aliphatic rings. The lowest BCUT2D eigenvalue weighted by Crippen LogP contribution is -2.20. The Labute approximate surface area is 154 Å². The molecule has 1 saturated heterocycles. The first-order chi connectivity index (χ1) is 12.2. The van der Waals surface area contributed by atoms with E-state index in [9.17, 15) is 9.90 Å². The lowest BCUT2D eigenvalue weighted by Gasteiger charge is -2.20. The van der Waals surface area contributed by atoms with Crippen LogP contribution in [0.4, 0.5) is 0 Å². The topological polar surface area (TPSA) is 55.8 Å². The van der Waals surface area contributed by atoms with Gasteiger partial charge in [-0.3, -0.25) is 4.79 Å². The van der Waals surface area contributed by atoms with Gasteiger partial charge in [-0.1, -0.05) is 42.5 Å². The summed E-state index contributed by atoms with van der Waals surface area (Å²) in [7, 11) is 3.12. The van der Waals surface area contributed by atoms with Gasteiger partial charge in [0.25, 0.3) is 0 Å². The highest BCUT2D eigenvalue weighted by Crippen LogP contribution is 2.45. The summed E-state index contributed by atoms with van der Waals surface area (Å²) < 4.78 is 11.4. The third kappa shape index (κ3) is 5.14. The molecular weight excluding hydrogens is 353 g/mol. The van der Waals surface area contributed by atoms with Crippen LogP contribution in [0.2, 0.25) is 0 Å². The summed E-state index contributed by atoms with van der Waals surface area (Å²) in [6.45, 7) is 0.918. The second-order valence-electron chi connectivity index (χ2n) is 6.69. The van der Waals surface area contributed by atoms with Crippen LogP contribution in [0, 0.1) is 11.8 Å². The highest BCUT2D eigenvalue weighted by Gasteiger charge is 2.49. The van der Waals surface area contributed by atoms with Crippen molar-refractivity contribution in [1.29, 1.82) is 0 Å². The van der Waals surface area contributed by atoms with E-state index in [0.29, 0.717) is 21.5 Å². The largest absolute Gasteiger partial charge is 0.462 e. The lowest BCUT2D eigenvalue weighted by molar-refractivity contribution is -0.141. The second kappa shape index (κ2) is 9.28. The van der Waals surface area contributed by atoms with E-state index in [1.807, 2.05) is 24.3 Å². The van der Waals surface area contributed by atoms with E-state index >= 15 is 0 Å². The van der Waals surface area contributed by atoms with Gasteiger partial charge in [0.1, 0.15) is 6.10 Å². The first-order valence-corrected chi connectivity index (χ1v) is 10.8. The minimum absolute atomic E-state index is 0.0251. The van der Waals surface area contributed by atoms with Crippen molar-refractivity contribution in [3.63, 3.8) is 0 Å². The van der Waals surface area contributed by atoms with Gasteiger partial charge in [-0.05, 0) is 27.1 Å². The Morgan fingerprint density at radius 3 is 3.00 bits per heavy atom. The van der Waals surface area contributed by atoms with Gasteiger partial charge < -0.3 is 14.4 Å². The quantitative estimate of drug-likeness (QED) is 0.327. The zero-order valence-corrected chi connectivity index (χ0v) is 16.4. The van der Waals surface area contributed by atoms with Crippen molar-refractivity contribution in [3.8, 4) is 0 Å². The van der Waals surface area contributed by atoms with Crippen LogP contribution in [-0.2, 0) is 20.5 Å². The Kier molecular flexibility index (Phi) is 7.07. The van der Waals surface area contributed by atoms with Crippen molar-refractivity contribution in [2.75, 3.05) is 0 Å². The van der Waals surface area contributed by atoms with Crippen molar-refractivity contribution < 1.29 is 19.2 Å². The molecule has 0 bridgehead atoms. The minimum Gasteiger partial charge on any atom is -0.462 e. The molecular formula is C18H25BO4P2. The number of esters is 1. The summed E-state index contributed by atoms with van der Waals surface area (Å²) in [5.74, 6) is 0.223. The molecule has 1 aliphatic heterocycles. The third-order valence-electron chi connectivity index (χ3n) is 5.00. The molecule has 2 fully saturated rings. The monoisotopic (exact) mass is 378 g/mol. The SMILES string of the molecule is O=C1C[C@@H]2[C@@H](/C=C/[C@@H](O)CCc3ccccc3)[C@H](OPBP)C[C@@H]2O1. The van der Waals surface area contributed by atoms with E-state index in [4.69, 9.17) is 9.26 Å². The zero-order chi connectivity index (χ0) is 17.6. The van der Waals surface area contributed by atoms with Gasteiger partial charge in [0.15, 0.2) is 0 Å². The fourth-order valence-corrected chi connectivity index (χ4v) is 4.61. The average Bonchev–Trinajstić information content (AvgIpc) is 3.13. The number of rotatable bonds is 8. The average molecular weight is 378 g/mol. The molecule has 1 N–H and O–H groups in total. The second-order valence-corrected chi connectivity index (χ2v) is 8.85. The normalized spacial score (nSPS) is 30.1. The Morgan fingerprint density at radius 2 is 2.24 bits per heavy atom. The van der Waals surface area contributed by atoms with E-state index in [2.05, 4.69) is 27.3 Å². The molecule has 2 unspecified atom stereocenters. The van der Waals surface area contributed by atoms with Crippen LogP contribution in [0.25, 0.3) is 0 Å². The molecule has 3 rings (SSSR count). The standard InChI is InChI=1S/C18H25BO4P2/c20-13(7-6-12-4-2-1-3-5-12)8-9-14-15-10-18(21)22-16(15)11-17(14)23-25-19-24/h1-5,8-9,13-17,19-20,25H,6-7,10-11,24H2/b9-8+/t13-,14+,15+,16-,17+/m0/s1. The Morgan fingerprint density at radius 1 is 1.44 bits per heavy atom. The number of fused-ring (bicyclic) bond motifs is 1. The summed E-state index contributed by atoms with van der Waals surface area (Å²) in [5.41, 5.74) is 1.23. The summed E-state index contributed by atoms with van der Waals surface area (Å²) in [6.07, 6.45) is 6.27. The molecule has 0 aromatic heterocycles. The molecule has 0 spiro atoms. The Bertz CT molecular complexity index is 598. The lowest BCUT2D eigenvalue weighted by atomic mass is 9.91. The first-order valence-electron chi connectivity index (χ1n) is 8.85. The molecule has 1 heterocycles. The maximum atomic E-state index is 11.6. The molecule has 7 atom stereocenters. The minimum atomic E-state index is -0.484. The summed E-state index contributed by atoms with van der Waals surface area (Å²) in [4.78, 5) is 11.6. The van der Waals surface area contributed by atoms with E-state index < -0.39 is 6.10 Å². The number of hydrogen-bond donors (Lipinski definition) is 1. The van der Waals surface area contributed by atoms with Crippen LogP contribution in [0.3, 0.4) is 0 Å². The molecule has 4 nitrogen and oxygen atoms in total. The number of carbonyl (C=O) groups excluding carboxylic acids is 1. The van der Waals surface area contributed by atoms with E-state index in [1.54, 1.807) is 0 Å². The van der Waals surface area contributed by atoms with Crippen molar-refractivity contribution in [2.45, 2.75) is 44.0 Å². The molecule has 1 aliphatic carbocycles. The van der Waals surface area contributed by atoms with Crippen LogP contribution in [-0.4, -0.2) is 36.1 Å². The number of aliphatic hydroxyl groups is 1. The van der Waals surface area contributed by atoms with Gasteiger partial charge in [0.05, 0.1) is 18.6 Å². The number of hydrogen-bond acceptors (Lipinski definition) is 4. The fraction of sp³-hybridized carbons (Fsp3) is 0.500. The highest BCUT2D eigenvalue weighted by atomic mass is 31.1. The van der Waals surface area contributed by atoms with Gasteiger partial charge in [-0.25, -0.2) is 0 Å². The smallest absolute Gasteiger partial charge is 0.306 e. The highest BCUT2D eigenvalue weighted by molar-refractivity contribution is 7.92. The summed E-state index contributed by atoms with van der Waals surface area (Å²) in [6, 6.07) is 10.2. The molecule has 0 radical (unpaired) electrons. The van der Waals surface area contributed by atoms with Crippen LogP contribution in [0.1, 0.15) is 24.8 Å². The molecule has 134 valence electrons. The van der Waals surface area contributed by atoms with Crippen LogP contribution in [0.15, 0.2) is 42.5 Å². The van der Waals surface area contributed by atoms with Crippen molar-refractivity contribution >= 4 is 30.5 Å². The van der Waals surface area contributed by atoms with Crippen LogP contribution in [0.5, 0.6) is 0 Å². The van der Waals surface area contributed by atoms with E-state index in [1.165, 1.54) is 5.56 Å². The van der Waals surface area contributed by atoms with Gasteiger partial charge in [-0.15, -0.1) is 0 Å². The Hall–Kier alpha value is -0.725. The van der Waals surface area contributed by atoms with Gasteiger partial charge in [0.2, 0.25) is 6.72 Å². The van der Waals surface area contributed by atoms with Crippen molar-refractivity contribution in [3.05, 3.63) is 48.0 Å². The van der Waals surface area contributed by atoms with Crippen LogP contribution >= 0.6 is 17.8 Å². The molecule has 1 aromatic rings. The van der Waals surface area contributed by atoms with E-state index in [0.717, 1.165) is 19.6 Å². The van der Waals surface area contributed by atoms with Gasteiger partial charge >= 0.3 is 5.97 Å². The van der Waals surface area contributed by atoms with Gasteiger partial charge in [0, 0.05) is 18.3 Å². The predicted molar refractivity (Wildman–Crippen MR) is 106 cm³/mol. The van der Waals surface area contributed by atoms with Crippen molar-refractivity contribution in [2.24, 2.45) is 11.8 Å². The molecule has 1 saturated carbocycles. The van der Waals surface area contributed by atoms with Crippen LogP contribution < -0.4 is 0 Å².